The normalized spacial score (nSPS) is 10.8. The fourth-order valence-electron chi connectivity index (χ4n) is 0.774. The molecule has 1 nitrogen and oxygen atoms in total. The third-order valence-corrected chi connectivity index (χ3v) is 5.01. The molecule has 0 N–H and O–H groups in total. The zero-order valence-corrected chi connectivity index (χ0v) is 8.07. The number of nitrogens with zero attached hydrogens (tertiary/aromatic N) is 1. The van der Waals surface area contributed by atoms with Crippen LogP contribution in [-0.2, 0) is 0 Å². The fourth-order valence-corrected chi connectivity index (χ4v) is 4.69. The van der Waals surface area contributed by atoms with E-state index in [2.05, 4.69) is 23.4 Å². The van der Waals surface area contributed by atoms with E-state index in [4.69, 9.17) is 0 Å². The summed E-state index contributed by atoms with van der Waals surface area (Å²) >= 11 is 1.75. The third-order valence-electron chi connectivity index (χ3n) is 1.13. The maximum absolute atomic E-state index is 4.40. The summed E-state index contributed by atoms with van der Waals surface area (Å²) in [5.74, 6) is 0. The average Bonchev–Trinajstić information content (AvgIpc) is 2.22. The molecular formula is C6H5NSTe. The van der Waals surface area contributed by atoms with Crippen molar-refractivity contribution in [3.8, 4) is 0 Å². The van der Waals surface area contributed by atoms with Gasteiger partial charge in [-0.15, -0.1) is 0 Å². The Labute approximate surface area is 67.0 Å². The van der Waals surface area contributed by atoms with E-state index in [0.29, 0.717) is 0 Å². The molecule has 0 aliphatic heterocycles. The van der Waals surface area contributed by atoms with Crippen molar-refractivity contribution in [2.24, 2.45) is 0 Å². The number of thiophene rings is 1. The third kappa shape index (κ3) is 0.939. The van der Waals surface area contributed by atoms with Crippen LogP contribution in [0.4, 0.5) is 0 Å². The van der Waals surface area contributed by atoms with Gasteiger partial charge in [0.05, 0.1) is 0 Å². The van der Waals surface area contributed by atoms with E-state index in [1.165, 1.54) is 11.9 Å². The molecule has 0 spiro atoms. The quantitative estimate of drug-likeness (QED) is 0.648. The fraction of sp³-hybridized carbons (Fsp3) is 0.167. The molecule has 2 aromatic rings. The van der Waals surface area contributed by atoms with Crippen molar-refractivity contribution in [1.29, 1.82) is 0 Å². The molecule has 3 heteroatoms. The van der Waals surface area contributed by atoms with Gasteiger partial charge in [0, 0.05) is 0 Å². The zero-order chi connectivity index (χ0) is 6.27. The standard InChI is InChI=1S/C6H5NSTe/c1-4-7-6-5(9-4)2-3-8-6/h2-3H,1H3. The molecule has 2 rings (SSSR count). The Bertz CT molecular complexity index is 294. The van der Waals surface area contributed by atoms with Gasteiger partial charge < -0.3 is 0 Å². The monoisotopic (exact) mass is 253 g/mol. The summed E-state index contributed by atoms with van der Waals surface area (Å²) in [4.78, 5) is 5.68. The molecule has 0 saturated carbocycles. The van der Waals surface area contributed by atoms with Crippen LogP contribution in [0.1, 0.15) is 3.71 Å². The number of aromatic nitrogens is 1. The van der Waals surface area contributed by atoms with Gasteiger partial charge >= 0.3 is 67.1 Å². The van der Waals surface area contributed by atoms with Crippen molar-refractivity contribution in [3.05, 3.63) is 15.2 Å². The van der Waals surface area contributed by atoms with Crippen molar-refractivity contribution in [2.45, 2.75) is 6.92 Å². The molecule has 0 bridgehead atoms. The van der Waals surface area contributed by atoms with Crippen molar-refractivity contribution in [2.75, 3.05) is 0 Å². The average molecular weight is 251 g/mol. The van der Waals surface area contributed by atoms with Crippen LogP contribution in [0.5, 0.6) is 0 Å². The van der Waals surface area contributed by atoms with Gasteiger partial charge in [-0.25, -0.2) is 0 Å². The first-order valence-electron chi connectivity index (χ1n) is 2.67. The SMILES string of the molecule is Cc1nc2sccc2[te]1. The molecular weight excluding hydrogens is 246 g/mol. The van der Waals surface area contributed by atoms with Gasteiger partial charge in [0.1, 0.15) is 0 Å². The number of fused-ring (bicyclic) bond motifs is 1. The second kappa shape index (κ2) is 2.09. The summed E-state index contributed by atoms with van der Waals surface area (Å²) in [5.41, 5.74) is 0. The number of hydrogen-bond acceptors (Lipinski definition) is 2. The van der Waals surface area contributed by atoms with E-state index in [1.807, 2.05) is 0 Å². The van der Waals surface area contributed by atoms with Crippen LogP contribution in [0.15, 0.2) is 11.4 Å². The summed E-state index contributed by atoms with van der Waals surface area (Å²) in [6.07, 6.45) is 0. The van der Waals surface area contributed by atoms with E-state index in [0.717, 1.165) is 0 Å². The van der Waals surface area contributed by atoms with Gasteiger partial charge in [0.15, 0.2) is 0 Å². The minimum atomic E-state index is -0.00782. The Morgan fingerprint density at radius 3 is 3.33 bits per heavy atom. The van der Waals surface area contributed by atoms with E-state index in [-0.39, 0.29) is 20.4 Å². The van der Waals surface area contributed by atoms with Gasteiger partial charge in [0.2, 0.25) is 0 Å². The second-order valence-corrected chi connectivity index (χ2v) is 6.24. The molecule has 0 aliphatic rings. The van der Waals surface area contributed by atoms with Gasteiger partial charge in [-0.3, -0.25) is 0 Å². The molecule has 0 aliphatic carbocycles. The molecule has 2 heterocycles. The predicted octanol–water partition coefficient (Wildman–Crippen LogP) is 1.66. The van der Waals surface area contributed by atoms with Crippen LogP contribution < -0.4 is 0 Å². The summed E-state index contributed by atoms with van der Waals surface area (Å²) in [7, 11) is 0. The van der Waals surface area contributed by atoms with Gasteiger partial charge in [0.25, 0.3) is 0 Å². The minimum absolute atomic E-state index is 0.00782. The van der Waals surface area contributed by atoms with Crippen LogP contribution >= 0.6 is 11.3 Å². The Morgan fingerprint density at radius 1 is 1.67 bits per heavy atom. The Balaban J connectivity index is 2.92. The van der Waals surface area contributed by atoms with Gasteiger partial charge in [-0.2, -0.15) is 0 Å². The van der Waals surface area contributed by atoms with E-state index in [9.17, 15) is 0 Å². The van der Waals surface area contributed by atoms with Crippen molar-refractivity contribution in [1.82, 2.24) is 4.98 Å². The molecule has 0 saturated heterocycles. The van der Waals surface area contributed by atoms with Crippen LogP contribution in [0.2, 0.25) is 0 Å². The maximum atomic E-state index is 4.40. The van der Waals surface area contributed by atoms with Gasteiger partial charge in [-0.05, 0) is 0 Å². The van der Waals surface area contributed by atoms with Crippen molar-refractivity contribution < 1.29 is 0 Å². The molecule has 0 aromatic carbocycles. The molecule has 0 radical (unpaired) electrons. The Morgan fingerprint density at radius 2 is 2.56 bits per heavy atom. The number of hydrogen-bond donors (Lipinski definition) is 0. The summed E-state index contributed by atoms with van der Waals surface area (Å²) in [5, 5.41) is 2.13. The Hall–Kier alpha value is 0.160. The first-order chi connectivity index (χ1) is 4.36. The molecule has 9 heavy (non-hydrogen) atoms. The van der Waals surface area contributed by atoms with Crippen LogP contribution in [0.3, 0.4) is 0 Å². The van der Waals surface area contributed by atoms with E-state index in [1.54, 1.807) is 11.3 Å². The number of rotatable bonds is 0. The molecule has 46 valence electrons. The summed E-state index contributed by atoms with van der Waals surface area (Å²) in [6, 6.07) is 2.21. The summed E-state index contributed by atoms with van der Waals surface area (Å²) in [6.45, 7) is 2.13. The van der Waals surface area contributed by atoms with E-state index >= 15 is 0 Å². The first-order valence-corrected chi connectivity index (χ1v) is 5.88. The first kappa shape index (κ1) is 5.91. The molecule has 0 amide bonds. The zero-order valence-electron chi connectivity index (χ0n) is 4.92. The van der Waals surface area contributed by atoms with Crippen LogP contribution in [0, 0.1) is 6.92 Å². The van der Waals surface area contributed by atoms with Gasteiger partial charge in [-0.1, -0.05) is 0 Å². The second-order valence-electron chi connectivity index (χ2n) is 1.82. The molecule has 0 atom stereocenters. The topological polar surface area (TPSA) is 12.9 Å². The van der Waals surface area contributed by atoms with Crippen molar-refractivity contribution in [3.63, 3.8) is 0 Å². The summed E-state index contributed by atoms with van der Waals surface area (Å²) < 4.78 is 2.91. The molecule has 2 aromatic heterocycles. The number of aryl methyl sites for hydroxylation is 1. The Kier molecular flexibility index (Phi) is 1.37. The van der Waals surface area contributed by atoms with Crippen molar-refractivity contribution >= 4 is 40.0 Å². The molecule has 0 fully saturated rings. The van der Waals surface area contributed by atoms with Crippen LogP contribution in [-0.4, -0.2) is 25.4 Å². The van der Waals surface area contributed by atoms with E-state index < -0.39 is 0 Å². The predicted molar refractivity (Wildman–Crippen MR) is 41.3 cm³/mol. The van der Waals surface area contributed by atoms with Crippen LogP contribution in [0.25, 0.3) is 8.23 Å². The molecule has 0 unspecified atom stereocenters.